The third-order valence-electron chi connectivity index (χ3n) is 4.93. The van der Waals surface area contributed by atoms with E-state index in [1.807, 2.05) is 7.05 Å². The number of hydrogen-bond donors (Lipinski definition) is 1. The molecule has 140 valence electrons. The van der Waals surface area contributed by atoms with E-state index < -0.39 is 0 Å². The fourth-order valence-electron chi connectivity index (χ4n) is 3.38. The van der Waals surface area contributed by atoms with Gasteiger partial charge in [-0.05, 0) is 18.0 Å². The highest BCUT2D eigenvalue weighted by Crippen LogP contribution is 2.06. The average Bonchev–Trinajstić information content (AvgIpc) is 2.63. The van der Waals surface area contributed by atoms with E-state index in [0.29, 0.717) is 5.92 Å². The number of piperazine rings is 1. The predicted molar refractivity (Wildman–Crippen MR) is 107 cm³/mol. The van der Waals surface area contributed by atoms with Gasteiger partial charge in [0.05, 0.1) is 0 Å². The number of aliphatic imine (C=N–C) groups is 1. The normalized spacial score (nSPS) is 18.2. The number of nitrogens with one attached hydrogen (secondary N) is 1. The fourth-order valence-corrected chi connectivity index (χ4v) is 3.38. The second-order valence-electron chi connectivity index (χ2n) is 7.11. The summed E-state index contributed by atoms with van der Waals surface area (Å²) in [5.74, 6) is 1.57. The molecule has 0 amide bonds. The Hall–Kier alpha value is -1.59. The van der Waals surface area contributed by atoms with Crippen molar-refractivity contribution in [3.63, 3.8) is 0 Å². The maximum absolute atomic E-state index is 4.44. The van der Waals surface area contributed by atoms with E-state index in [2.05, 4.69) is 76.2 Å². The third-order valence-corrected chi connectivity index (χ3v) is 4.93. The number of rotatable bonds is 7. The second-order valence-corrected chi connectivity index (χ2v) is 7.11. The maximum Gasteiger partial charge on any atom is 0.193 e. The summed E-state index contributed by atoms with van der Waals surface area (Å²) in [4.78, 5) is 11.7. The van der Waals surface area contributed by atoms with Gasteiger partial charge in [0.2, 0.25) is 0 Å². The van der Waals surface area contributed by atoms with Crippen LogP contribution >= 0.6 is 0 Å². The van der Waals surface area contributed by atoms with E-state index >= 15 is 0 Å². The number of benzene rings is 1. The number of guanidine groups is 1. The van der Waals surface area contributed by atoms with E-state index in [-0.39, 0.29) is 0 Å². The second kappa shape index (κ2) is 10.4. The van der Waals surface area contributed by atoms with Gasteiger partial charge >= 0.3 is 0 Å². The minimum absolute atomic E-state index is 0.607. The zero-order valence-electron chi connectivity index (χ0n) is 16.4. The van der Waals surface area contributed by atoms with Crippen LogP contribution in [0, 0.1) is 5.92 Å². The highest BCUT2D eigenvalue weighted by Gasteiger charge is 2.17. The summed E-state index contributed by atoms with van der Waals surface area (Å²) >= 11 is 0. The number of hydrogen-bond acceptors (Lipinski definition) is 3. The smallest absolute Gasteiger partial charge is 0.193 e. The summed E-state index contributed by atoms with van der Waals surface area (Å²) in [5.41, 5.74) is 1.30. The SMILES string of the molecule is CCN1CCN(CC(C)CNC(=NC)N(C)Cc2ccccc2)CC1. The van der Waals surface area contributed by atoms with Crippen molar-refractivity contribution in [1.82, 2.24) is 20.0 Å². The molecule has 5 nitrogen and oxygen atoms in total. The summed E-state index contributed by atoms with van der Waals surface area (Å²) in [6.07, 6.45) is 0. The molecule has 1 saturated heterocycles. The van der Waals surface area contributed by atoms with Crippen molar-refractivity contribution in [3.05, 3.63) is 35.9 Å². The molecule has 0 spiro atoms. The van der Waals surface area contributed by atoms with Crippen LogP contribution in [0.3, 0.4) is 0 Å². The lowest BCUT2D eigenvalue weighted by Gasteiger charge is -2.35. The highest BCUT2D eigenvalue weighted by atomic mass is 15.3. The largest absolute Gasteiger partial charge is 0.356 e. The van der Waals surface area contributed by atoms with Gasteiger partial charge in [0.15, 0.2) is 5.96 Å². The molecule has 2 rings (SSSR count). The first kappa shape index (κ1) is 19.7. The quantitative estimate of drug-likeness (QED) is 0.605. The van der Waals surface area contributed by atoms with Gasteiger partial charge in [0.1, 0.15) is 0 Å². The van der Waals surface area contributed by atoms with Gasteiger partial charge < -0.3 is 20.0 Å². The van der Waals surface area contributed by atoms with Crippen LogP contribution in [0.15, 0.2) is 35.3 Å². The summed E-state index contributed by atoms with van der Waals surface area (Å²) in [6.45, 7) is 13.5. The Morgan fingerprint density at radius 1 is 1.16 bits per heavy atom. The van der Waals surface area contributed by atoms with Crippen molar-refractivity contribution >= 4 is 5.96 Å². The molecule has 1 unspecified atom stereocenters. The third kappa shape index (κ3) is 6.67. The molecule has 1 N–H and O–H groups in total. The fraction of sp³-hybridized carbons (Fsp3) is 0.650. The van der Waals surface area contributed by atoms with E-state index in [4.69, 9.17) is 0 Å². The monoisotopic (exact) mass is 345 g/mol. The molecule has 1 aromatic rings. The van der Waals surface area contributed by atoms with Crippen LogP contribution in [0.25, 0.3) is 0 Å². The van der Waals surface area contributed by atoms with E-state index in [1.54, 1.807) is 0 Å². The zero-order chi connectivity index (χ0) is 18.1. The van der Waals surface area contributed by atoms with Gasteiger partial charge in [-0.1, -0.05) is 44.2 Å². The van der Waals surface area contributed by atoms with Crippen LogP contribution in [-0.2, 0) is 6.54 Å². The van der Waals surface area contributed by atoms with Gasteiger partial charge in [0.25, 0.3) is 0 Å². The molecular formula is C20H35N5. The van der Waals surface area contributed by atoms with Crippen LogP contribution in [0.2, 0.25) is 0 Å². The van der Waals surface area contributed by atoms with Gasteiger partial charge in [-0.3, -0.25) is 4.99 Å². The van der Waals surface area contributed by atoms with E-state index in [1.165, 1.54) is 38.3 Å². The van der Waals surface area contributed by atoms with Gasteiger partial charge in [-0.25, -0.2) is 0 Å². The Morgan fingerprint density at radius 2 is 1.80 bits per heavy atom. The molecule has 1 fully saturated rings. The molecule has 25 heavy (non-hydrogen) atoms. The molecule has 0 radical (unpaired) electrons. The van der Waals surface area contributed by atoms with Crippen molar-refractivity contribution in [3.8, 4) is 0 Å². The Labute approximate surface area is 153 Å². The van der Waals surface area contributed by atoms with E-state index in [0.717, 1.165) is 25.6 Å². The van der Waals surface area contributed by atoms with Gasteiger partial charge in [0, 0.05) is 59.9 Å². The van der Waals surface area contributed by atoms with Gasteiger partial charge in [-0.15, -0.1) is 0 Å². The molecule has 1 aromatic carbocycles. The van der Waals surface area contributed by atoms with Gasteiger partial charge in [-0.2, -0.15) is 0 Å². The Balaban J connectivity index is 1.72. The van der Waals surface area contributed by atoms with Crippen LogP contribution in [0.5, 0.6) is 0 Å². The van der Waals surface area contributed by atoms with Crippen molar-refractivity contribution in [2.24, 2.45) is 10.9 Å². The Kier molecular flexibility index (Phi) is 8.22. The van der Waals surface area contributed by atoms with Crippen LogP contribution in [0.1, 0.15) is 19.4 Å². The molecular weight excluding hydrogens is 310 g/mol. The molecule has 0 aromatic heterocycles. The summed E-state index contributed by atoms with van der Waals surface area (Å²) < 4.78 is 0. The summed E-state index contributed by atoms with van der Waals surface area (Å²) in [5, 5.41) is 3.54. The molecule has 5 heteroatoms. The molecule has 0 saturated carbocycles. The molecule has 1 aliphatic rings. The first-order chi connectivity index (χ1) is 12.1. The molecule has 1 heterocycles. The van der Waals surface area contributed by atoms with E-state index in [9.17, 15) is 0 Å². The zero-order valence-corrected chi connectivity index (χ0v) is 16.4. The highest BCUT2D eigenvalue weighted by molar-refractivity contribution is 5.79. The van der Waals surface area contributed by atoms with Crippen molar-refractivity contribution in [2.45, 2.75) is 20.4 Å². The van der Waals surface area contributed by atoms with Crippen LogP contribution in [0.4, 0.5) is 0 Å². The van der Waals surface area contributed by atoms with Crippen molar-refractivity contribution in [1.29, 1.82) is 0 Å². The summed E-state index contributed by atoms with van der Waals surface area (Å²) in [7, 11) is 3.95. The summed E-state index contributed by atoms with van der Waals surface area (Å²) in [6, 6.07) is 10.5. The minimum Gasteiger partial charge on any atom is -0.356 e. The minimum atomic E-state index is 0.607. The van der Waals surface area contributed by atoms with Crippen molar-refractivity contribution in [2.75, 3.05) is 59.9 Å². The number of nitrogens with zero attached hydrogens (tertiary/aromatic N) is 4. The maximum atomic E-state index is 4.44. The standard InChI is InChI=1S/C20H35N5/c1-5-24-11-13-25(14-12-24)16-18(2)15-22-20(21-3)23(4)17-19-9-7-6-8-10-19/h6-10,18H,5,11-17H2,1-4H3,(H,21,22). The van der Waals surface area contributed by atoms with Crippen LogP contribution in [-0.4, -0.2) is 80.6 Å². The molecule has 0 bridgehead atoms. The lowest BCUT2D eigenvalue weighted by molar-refractivity contribution is 0.124. The lowest BCUT2D eigenvalue weighted by Crippen LogP contribution is -2.48. The Bertz CT molecular complexity index is 508. The molecule has 0 aliphatic carbocycles. The lowest BCUT2D eigenvalue weighted by atomic mass is 10.1. The average molecular weight is 346 g/mol. The molecule has 1 atom stereocenters. The Morgan fingerprint density at radius 3 is 2.40 bits per heavy atom. The first-order valence-electron chi connectivity index (χ1n) is 9.52. The van der Waals surface area contributed by atoms with Crippen molar-refractivity contribution < 1.29 is 0 Å². The topological polar surface area (TPSA) is 34.1 Å². The van der Waals surface area contributed by atoms with Crippen LogP contribution < -0.4 is 5.32 Å². The number of likely N-dealkylation sites (N-methyl/N-ethyl adjacent to an activating group) is 1. The first-order valence-corrected chi connectivity index (χ1v) is 9.52. The predicted octanol–water partition coefficient (Wildman–Crippen LogP) is 1.97. The molecule has 1 aliphatic heterocycles.